The number of carboxylic acid groups (broad SMARTS) is 2. The van der Waals surface area contributed by atoms with Gasteiger partial charge in [-0.15, -0.1) is 0 Å². The summed E-state index contributed by atoms with van der Waals surface area (Å²) in [5.41, 5.74) is 0. The topological polar surface area (TPSA) is 74.6 Å². The van der Waals surface area contributed by atoms with Crippen molar-refractivity contribution < 1.29 is 52.5 Å². The fraction of sp³-hybridized carbons (Fsp3) is 0.750. The van der Waals surface area contributed by atoms with Gasteiger partial charge in [0.15, 0.2) is 0 Å². The van der Waals surface area contributed by atoms with Gasteiger partial charge in [0.1, 0.15) is 0 Å². The number of hydrogen-bond donors (Lipinski definition) is 2. The fourth-order valence-electron chi connectivity index (χ4n) is 0.428. The molecule has 13 heavy (non-hydrogen) atoms. The Hall–Kier alpha value is 0.0439. The average Bonchev–Trinajstić information content (AvgIpc) is 1.87. The molecule has 75 valence electrons. The smallest absolute Gasteiger partial charge is 0.303 e. The molecule has 0 spiro atoms. The average molecular weight is 265 g/mol. The third-order valence-electron chi connectivity index (χ3n) is 0.928. The van der Waals surface area contributed by atoms with E-state index < -0.39 is 11.9 Å². The fourth-order valence-corrected chi connectivity index (χ4v) is 0.428. The second-order valence-corrected chi connectivity index (χ2v) is 2.29. The zero-order valence-corrected chi connectivity index (χ0v) is 11.0. The van der Waals surface area contributed by atoms with E-state index in [-0.39, 0.29) is 32.7 Å². The molecule has 0 aromatic heterocycles. The van der Waals surface area contributed by atoms with Gasteiger partial charge in [0.05, 0.1) is 0 Å². The van der Waals surface area contributed by atoms with Crippen LogP contribution in [0.25, 0.3) is 0 Å². The Morgan fingerprint density at radius 1 is 0.923 bits per heavy atom. The minimum absolute atomic E-state index is 0. The van der Waals surface area contributed by atoms with Crippen LogP contribution in [-0.4, -0.2) is 22.2 Å². The first-order valence-electron chi connectivity index (χ1n) is 3.98. The number of hydrogen-bond acceptors (Lipinski definition) is 2. The van der Waals surface area contributed by atoms with E-state index in [0.717, 1.165) is 12.8 Å². The molecule has 0 rings (SSSR count). The quantitative estimate of drug-likeness (QED) is 0.811. The number of rotatable bonds is 4. The Balaban J connectivity index is -0.000000143. The van der Waals surface area contributed by atoms with Crippen molar-refractivity contribution in [3.8, 4) is 0 Å². The van der Waals surface area contributed by atoms with Crippen LogP contribution in [0, 0.1) is 0 Å². The SMILES string of the molecule is CCCC(=O)O.CCCC(=O)O.[Y]. The van der Waals surface area contributed by atoms with Crippen molar-refractivity contribution in [2.45, 2.75) is 39.5 Å². The molecule has 0 aromatic rings. The summed E-state index contributed by atoms with van der Waals surface area (Å²) in [6, 6.07) is 0. The molecule has 0 unspecified atom stereocenters. The standard InChI is InChI=1S/2C4H8O2.Y/c2*1-2-3-4(5)6;/h2*2-3H2,1H3,(H,5,6);. The summed E-state index contributed by atoms with van der Waals surface area (Å²) in [5, 5.41) is 15.8. The van der Waals surface area contributed by atoms with Crippen molar-refractivity contribution in [3.05, 3.63) is 0 Å². The zero-order valence-electron chi connectivity index (χ0n) is 8.12. The van der Waals surface area contributed by atoms with Gasteiger partial charge in [0.2, 0.25) is 0 Å². The van der Waals surface area contributed by atoms with Crippen LogP contribution in [-0.2, 0) is 42.3 Å². The van der Waals surface area contributed by atoms with Crippen LogP contribution in [0.2, 0.25) is 0 Å². The van der Waals surface area contributed by atoms with Crippen LogP contribution in [0.15, 0.2) is 0 Å². The zero-order chi connectivity index (χ0) is 9.98. The summed E-state index contributed by atoms with van der Waals surface area (Å²) in [6.07, 6.45) is 2.05. The monoisotopic (exact) mass is 265 g/mol. The molecule has 4 nitrogen and oxygen atoms in total. The Morgan fingerprint density at radius 3 is 1.15 bits per heavy atom. The van der Waals surface area contributed by atoms with E-state index in [9.17, 15) is 9.59 Å². The maximum absolute atomic E-state index is 9.60. The molecule has 1 radical (unpaired) electrons. The third-order valence-corrected chi connectivity index (χ3v) is 0.928. The summed E-state index contributed by atoms with van der Waals surface area (Å²) in [7, 11) is 0. The molecule has 0 amide bonds. The molecular weight excluding hydrogens is 249 g/mol. The van der Waals surface area contributed by atoms with Crippen molar-refractivity contribution >= 4 is 11.9 Å². The van der Waals surface area contributed by atoms with Crippen molar-refractivity contribution in [1.82, 2.24) is 0 Å². The molecule has 2 N–H and O–H groups in total. The molecule has 0 aromatic carbocycles. The van der Waals surface area contributed by atoms with Crippen LogP contribution in [0.1, 0.15) is 39.5 Å². The Labute approximate surface area is 104 Å². The molecule has 0 bridgehead atoms. The van der Waals surface area contributed by atoms with Gasteiger partial charge in [0.25, 0.3) is 0 Å². The van der Waals surface area contributed by atoms with Gasteiger partial charge in [-0.2, -0.15) is 0 Å². The van der Waals surface area contributed by atoms with Gasteiger partial charge < -0.3 is 10.2 Å². The predicted octanol–water partition coefficient (Wildman–Crippen LogP) is 1.74. The van der Waals surface area contributed by atoms with Gasteiger partial charge in [0, 0.05) is 45.6 Å². The normalized spacial score (nSPS) is 7.54. The largest absolute Gasteiger partial charge is 0.481 e. The Morgan fingerprint density at radius 2 is 1.15 bits per heavy atom. The van der Waals surface area contributed by atoms with Crippen molar-refractivity contribution in [3.63, 3.8) is 0 Å². The summed E-state index contributed by atoms with van der Waals surface area (Å²) in [4.78, 5) is 19.2. The first-order chi connectivity index (χ1) is 5.54. The maximum Gasteiger partial charge on any atom is 0.303 e. The van der Waals surface area contributed by atoms with E-state index in [1.807, 2.05) is 13.8 Å². The number of carbonyl (C=O) groups is 2. The Bertz CT molecular complexity index is 120. The van der Waals surface area contributed by atoms with E-state index in [1.54, 1.807) is 0 Å². The van der Waals surface area contributed by atoms with Crippen molar-refractivity contribution in [1.29, 1.82) is 0 Å². The molecule has 0 saturated heterocycles. The first-order valence-corrected chi connectivity index (χ1v) is 3.98. The van der Waals surface area contributed by atoms with Gasteiger partial charge in [-0.3, -0.25) is 9.59 Å². The first kappa shape index (κ1) is 18.8. The summed E-state index contributed by atoms with van der Waals surface area (Å²) in [6.45, 7) is 3.68. The van der Waals surface area contributed by atoms with E-state index in [4.69, 9.17) is 10.2 Å². The molecule has 0 heterocycles. The summed E-state index contributed by atoms with van der Waals surface area (Å²) < 4.78 is 0. The minimum Gasteiger partial charge on any atom is -0.481 e. The molecule has 0 aliphatic rings. The minimum atomic E-state index is -0.711. The van der Waals surface area contributed by atoms with Gasteiger partial charge >= 0.3 is 11.9 Å². The number of carboxylic acids is 2. The van der Waals surface area contributed by atoms with Crippen molar-refractivity contribution in [2.75, 3.05) is 0 Å². The maximum atomic E-state index is 9.60. The second kappa shape index (κ2) is 14.6. The van der Waals surface area contributed by atoms with Crippen LogP contribution in [0.3, 0.4) is 0 Å². The summed E-state index contributed by atoms with van der Waals surface area (Å²) >= 11 is 0. The van der Waals surface area contributed by atoms with Crippen LogP contribution < -0.4 is 0 Å². The van der Waals surface area contributed by atoms with Gasteiger partial charge in [-0.05, 0) is 12.8 Å². The number of aliphatic carboxylic acids is 2. The van der Waals surface area contributed by atoms with Gasteiger partial charge in [-0.25, -0.2) is 0 Å². The second-order valence-electron chi connectivity index (χ2n) is 2.29. The molecule has 5 heteroatoms. The molecule has 0 aliphatic carbocycles. The molecular formula is C8H16O4Y. The van der Waals surface area contributed by atoms with Crippen LogP contribution >= 0.6 is 0 Å². The van der Waals surface area contributed by atoms with E-state index in [0.29, 0.717) is 12.8 Å². The van der Waals surface area contributed by atoms with Crippen LogP contribution in [0.5, 0.6) is 0 Å². The molecule has 0 aliphatic heterocycles. The van der Waals surface area contributed by atoms with E-state index in [2.05, 4.69) is 0 Å². The Kier molecular flexibility index (Phi) is 21.0. The van der Waals surface area contributed by atoms with Crippen LogP contribution in [0.4, 0.5) is 0 Å². The summed E-state index contributed by atoms with van der Waals surface area (Å²) in [5.74, 6) is -1.42. The predicted molar refractivity (Wildman–Crippen MR) is 45.1 cm³/mol. The van der Waals surface area contributed by atoms with E-state index >= 15 is 0 Å². The molecule has 0 atom stereocenters. The molecule has 0 saturated carbocycles. The van der Waals surface area contributed by atoms with Gasteiger partial charge in [-0.1, -0.05) is 13.8 Å². The molecule has 0 fully saturated rings. The van der Waals surface area contributed by atoms with E-state index in [1.165, 1.54) is 0 Å². The van der Waals surface area contributed by atoms with Crippen molar-refractivity contribution in [2.24, 2.45) is 0 Å². The third kappa shape index (κ3) is 33.3.